The molecule has 0 heterocycles. The average Bonchev–Trinajstić information content (AvgIpc) is 2.40. The van der Waals surface area contributed by atoms with Crippen LogP contribution in [-0.2, 0) is 14.3 Å². The van der Waals surface area contributed by atoms with E-state index in [-0.39, 0.29) is 17.9 Å². The SMILES string of the molecule is CCOC(=O)C(N)C(=O)Nc1cc(C(=O)O)ccc1F. The topological polar surface area (TPSA) is 119 Å². The van der Waals surface area contributed by atoms with Crippen LogP contribution < -0.4 is 11.1 Å². The number of benzene rings is 1. The number of anilines is 1. The van der Waals surface area contributed by atoms with E-state index >= 15 is 0 Å². The molecule has 0 radical (unpaired) electrons. The summed E-state index contributed by atoms with van der Waals surface area (Å²) in [5.74, 6) is -4.08. The normalized spacial score (nSPS) is 11.6. The van der Waals surface area contributed by atoms with Gasteiger partial charge in [-0.1, -0.05) is 0 Å². The third kappa shape index (κ3) is 3.75. The summed E-state index contributed by atoms with van der Waals surface area (Å²) in [6.45, 7) is 1.58. The zero-order valence-electron chi connectivity index (χ0n) is 10.6. The molecular weight excluding hydrogens is 271 g/mol. The Bertz CT molecular complexity index is 547. The van der Waals surface area contributed by atoms with E-state index in [0.717, 1.165) is 18.2 Å². The fourth-order valence-corrected chi connectivity index (χ4v) is 1.30. The molecule has 1 amide bonds. The van der Waals surface area contributed by atoms with Crippen molar-refractivity contribution in [2.75, 3.05) is 11.9 Å². The molecule has 1 unspecified atom stereocenters. The smallest absolute Gasteiger partial charge is 0.335 e. The summed E-state index contributed by atoms with van der Waals surface area (Å²) in [5, 5.41) is 10.8. The minimum atomic E-state index is -1.62. The van der Waals surface area contributed by atoms with Crippen LogP contribution in [0.15, 0.2) is 18.2 Å². The molecule has 20 heavy (non-hydrogen) atoms. The first-order chi connectivity index (χ1) is 9.36. The highest BCUT2D eigenvalue weighted by Crippen LogP contribution is 2.16. The highest BCUT2D eigenvalue weighted by molar-refractivity contribution is 6.08. The Morgan fingerprint density at radius 3 is 2.65 bits per heavy atom. The lowest BCUT2D eigenvalue weighted by Gasteiger charge is -2.12. The Hall–Kier alpha value is -2.48. The van der Waals surface area contributed by atoms with Gasteiger partial charge in [0.1, 0.15) is 5.82 Å². The summed E-state index contributed by atoms with van der Waals surface area (Å²) < 4.78 is 18.0. The zero-order chi connectivity index (χ0) is 15.3. The molecule has 0 saturated heterocycles. The van der Waals surface area contributed by atoms with Crippen LogP contribution in [0.3, 0.4) is 0 Å². The van der Waals surface area contributed by atoms with E-state index in [0.29, 0.717) is 0 Å². The molecule has 1 aromatic rings. The molecule has 108 valence electrons. The van der Waals surface area contributed by atoms with Gasteiger partial charge < -0.3 is 20.9 Å². The largest absolute Gasteiger partial charge is 0.478 e. The second-order valence-corrected chi connectivity index (χ2v) is 3.72. The number of carbonyl (C=O) groups excluding carboxylic acids is 2. The molecule has 0 saturated carbocycles. The maximum Gasteiger partial charge on any atom is 0.335 e. The third-order valence-electron chi connectivity index (χ3n) is 2.29. The van der Waals surface area contributed by atoms with Gasteiger partial charge in [0.2, 0.25) is 0 Å². The van der Waals surface area contributed by atoms with Crippen molar-refractivity contribution >= 4 is 23.5 Å². The van der Waals surface area contributed by atoms with Crippen molar-refractivity contribution in [3.05, 3.63) is 29.6 Å². The van der Waals surface area contributed by atoms with Gasteiger partial charge in [-0.3, -0.25) is 4.79 Å². The third-order valence-corrected chi connectivity index (χ3v) is 2.29. The fraction of sp³-hybridized carbons (Fsp3) is 0.250. The maximum absolute atomic E-state index is 13.4. The van der Waals surface area contributed by atoms with E-state index in [2.05, 4.69) is 4.74 Å². The van der Waals surface area contributed by atoms with Crippen LogP contribution >= 0.6 is 0 Å². The molecule has 0 aliphatic heterocycles. The Morgan fingerprint density at radius 1 is 1.45 bits per heavy atom. The van der Waals surface area contributed by atoms with E-state index in [1.807, 2.05) is 5.32 Å². The number of hydrogen-bond donors (Lipinski definition) is 3. The van der Waals surface area contributed by atoms with Gasteiger partial charge in [-0.05, 0) is 25.1 Å². The number of carboxylic acids is 1. The number of hydrogen-bond acceptors (Lipinski definition) is 5. The van der Waals surface area contributed by atoms with Gasteiger partial charge >= 0.3 is 11.9 Å². The number of carboxylic acid groups (broad SMARTS) is 1. The number of amides is 1. The number of halogens is 1. The lowest BCUT2D eigenvalue weighted by atomic mass is 10.2. The average molecular weight is 284 g/mol. The predicted octanol–water partition coefficient (Wildman–Crippen LogP) is 0.353. The number of rotatable bonds is 5. The highest BCUT2D eigenvalue weighted by atomic mass is 19.1. The second kappa shape index (κ2) is 6.62. The summed E-state index contributed by atoms with van der Waals surface area (Å²) in [6.07, 6.45) is 0. The van der Waals surface area contributed by atoms with Crippen molar-refractivity contribution < 1.29 is 28.6 Å². The van der Waals surface area contributed by atoms with Crippen molar-refractivity contribution in [1.82, 2.24) is 0 Å². The summed E-state index contributed by atoms with van der Waals surface area (Å²) in [5.41, 5.74) is 4.72. The Morgan fingerprint density at radius 2 is 2.10 bits per heavy atom. The molecule has 0 aliphatic carbocycles. The van der Waals surface area contributed by atoms with Gasteiger partial charge in [0.05, 0.1) is 17.9 Å². The highest BCUT2D eigenvalue weighted by Gasteiger charge is 2.24. The summed E-state index contributed by atoms with van der Waals surface area (Å²) in [4.78, 5) is 33.6. The van der Waals surface area contributed by atoms with Crippen LogP contribution in [0.1, 0.15) is 17.3 Å². The van der Waals surface area contributed by atoms with E-state index < -0.39 is 29.7 Å². The van der Waals surface area contributed by atoms with Gasteiger partial charge in [-0.15, -0.1) is 0 Å². The van der Waals surface area contributed by atoms with Crippen molar-refractivity contribution in [3.8, 4) is 0 Å². The van der Waals surface area contributed by atoms with Crippen LogP contribution in [0.4, 0.5) is 10.1 Å². The molecule has 0 aromatic heterocycles. The van der Waals surface area contributed by atoms with Crippen molar-refractivity contribution in [1.29, 1.82) is 0 Å². The molecule has 1 aromatic carbocycles. The summed E-state index contributed by atoms with van der Waals surface area (Å²) in [6, 6.07) is 1.23. The monoisotopic (exact) mass is 284 g/mol. The number of ether oxygens (including phenoxy) is 1. The van der Waals surface area contributed by atoms with Crippen LogP contribution in [0.2, 0.25) is 0 Å². The standard InChI is InChI=1S/C12H13FN2O5/c1-2-20-12(19)9(14)10(16)15-8-5-6(11(17)18)3-4-7(8)13/h3-5,9H,2,14H2,1H3,(H,15,16)(H,17,18). The van der Waals surface area contributed by atoms with E-state index in [9.17, 15) is 18.8 Å². The molecule has 0 bridgehead atoms. The Balaban J connectivity index is 2.87. The molecule has 0 aliphatic rings. The Kier molecular flexibility index (Phi) is 5.15. The number of carbonyl (C=O) groups is 3. The summed E-state index contributed by atoms with van der Waals surface area (Å²) >= 11 is 0. The molecule has 7 nitrogen and oxygen atoms in total. The molecular formula is C12H13FN2O5. The lowest BCUT2D eigenvalue weighted by molar-refractivity contribution is -0.146. The minimum absolute atomic E-state index is 0.0443. The van der Waals surface area contributed by atoms with Gasteiger partial charge in [0, 0.05) is 0 Å². The quantitative estimate of drug-likeness (QED) is 0.530. The molecule has 0 fully saturated rings. The van der Waals surface area contributed by atoms with Gasteiger partial charge in [-0.2, -0.15) is 0 Å². The minimum Gasteiger partial charge on any atom is -0.478 e. The molecule has 0 spiro atoms. The fourth-order valence-electron chi connectivity index (χ4n) is 1.30. The van der Waals surface area contributed by atoms with Crippen LogP contribution in [0.25, 0.3) is 0 Å². The molecule has 8 heteroatoms. The molecule has 4 N–H and O–H groups in total. The number of aromatic carboxylic acids is 1. The van der Waals surface area contributed by atoms with E-state index in [1.54, 1.807) is 6.92 Å². The van der Waals surface area contributed by atoms with Crippen molar-refractivity contribution in [3.63, 3.8) is 0 Å². The van der Waals surface area contributed by atoms with E-state index in [1.165, 1.54) is 0 Å². The van der Waals surface area contributed by atoms with Crippen molar-refractivity contribution in [2.45, 2.75) is 13.0 Å². The number of esters is 1. The summed E-state index contributed by atoms with van der Waals surface area (Å²) in [7, 11) is 0. The van der Waals surface area contributed by atoms with Gasteiger partial charge in [0.15, 0.2) is 6.04 Å². The van der Waals surface area contributed by atoms with Gasteiger partial charge in [0.25, 0.3) is 5.91 Å². The zero-order valence-corrected chi connectivity index (χ0v) is 10.6. The predicted molar refractivity (Wildman–Crippen MR) is 66.6 cm³/mol. The lowest BCUT2D eigenvalue weighted by Crippen LogP contribution is -2.43. The van der Waals surface area contributed by atoms with Gasteiger partial charge in [-0.25, -0.2) is 14.0 Å². The van der Waals surface area contributed by atoms with Crippen LogP contribution in [0.5, 0.6) is 0 Å². The molecule has 1 atom stereocenters. The number of nitrogens with one attached hydrogen (secondary N) is 1. The Labute approximate surface area is 113 Å². The second-order valence-electron chi connectivity index (χ2n) is 3.72. The number of nitrogens with two attached hydrogens (primary N) is 1. The first-order valence-corrected chi connectivity index (χ1v) is 5.62. The maximum atomic E-state index is 13.4. The van der Waals surface area contributed by atoms with Crippen LogP contribution in [0, 0.1) is 5.82 Å². The first-order valence-electron chi connectivity index (χ1n) is 5.62. The first kappa shape index (κ1) is 15.6. The van der Waals surface area contributed by atoms with Crippen LogP contribution in [-0.4, -0.2) is 35.6 Å². The van der Waals surface area contributed by atoms with E-state index in [4.69, 9.17) is 10.8 Å². The van der Waals surface area contributed by atoms with Crippen molar-refractivity contribution in [2.24, 2.45) is 5.73 Å². The molecule has 1 rings (SSSR count).